The number of nitrogens with zero attached hydrogens (tertiary/aromatic N) is 3. The Bertz CT molecular complexity index is 424. The van der Waals surface area contributed by atoms with Gasteiger partial charge in [0, 0.05) is 13.1 Å². The number of amides is 2. The molecule has 0 aromatic rings. The number of carboxylic acid groups (broad SMARTS) is 1. The topological polar surface area (TPSA) is 93.9 Å². The van der Waals surface area contributed by atoms with Crippen LogP contribution < -0.4 is 0 Å². The molecule has 0 aliphatic carbocycles. The van der Waals surface area contributed by atoms with Crippen molar-refractivity contribution in [3.05, 3.63) is 0 Å². The number of carbonyl (C=O) groups is 2. The minimum absolute atomic E-state index is 0.00468. The molecule has 0 saturated carbocycles. The fourth-order valence-corrected chi connectivity index (χ4v) is 1.89. The first-order valence-electron chi connectivity index (χ1n) is 5.99. The van der Waals surface area contributed by atoms with Crippen molar-refractivity contribution in [2.75, 3.05) is 19.6 Å². The molecule has 106 valence electrons. The Labute approximate surface area is 112 Å². The quantitative estimate of drug-likeness (QED) is 0.719. The molecule has 2 amide bonds. The molecule has 1 N–H and O–H groups in total. The second-order valence-corrected chi connectivity index (χ2v) is 5.72. The Kier molecular flexibility index (Phi) is 3.94. The molecular weight excluding hydrogens is 250 g/mol. The predicted octanol–water partition coefficient (Wildman–Crippen LogP) is 1.50. The Morgan fingerprint density at radius 2 is 1.95 bits per heavy atom. The Morgan fingerprint density at radius 1 is 1.37 bits per heavy atom. The van der Waals surface area contributed by atoms with Gasteiger partial charge in [-0.05, 0) is 27.7 Å². The number of ether oxygens (including phenoxy) is 1. The van der Waals surface area contributed by atoms with Crippen LogP contribution in [-0.4, -0.2) is 57.9 Å². The maximum atomic E-state index is 11.9. The van der Waals surface area contributed by atoms with Crippen molar-refractivity contribution in [1.82, 2.24) is 9.80 Å². The number of carbonyl (C=O) groups excluding carboxylic acids is 1. The van der Waals surface area contributed by atoms with Gasteiger partial charge >= 0.3 is 12.2 Å². The predicted molar refractivity (Wildman–Crippen MR) is 66.6 cm³/mol. The van der Waals surface area contributed by atoms with Gasteiger partial charge in [-0.1, -0.05) is 0 Å². The summed E-state index contributed by atoms with van der Waals surface area (Å²) in [5.41, 5.74) is -1.87. The van der Waals surface area contributed by atoms with E-state index < -0.39 is 23.3 Å². The van der Waals surface area contributed by atoms with Gasteiger partial charge in [0.1, 0.15) is 11.1 Å². The molecule has 0 bridgehead atoms. The fraction of sp³-hybridized carbons (Fsp3) is 0.750. The smallest absolute Gasteiger partial charge is 0.410 e. The second kappa shape index (κ2) is 4.96. The van der Waals surface area contributed by atoms with Crippen molar-refractivity contribution in [2.24, 2.45) is 0 Å². The molecule has 1 fully saturated rings. The summed E-state index contributed by atoms with van der Waals surface area (Å²) in [6.07, 6.45) is -1.69. The SMILES string of the molecule is CC(C)(C)OC(=O)N1CCN(C(=O)O)C(C)(C#N)C1. The van der Waals surface area contributed by atoms with Crippen LogP contribution in [0, 0.1) is 11.3 Å². The standard InChI is InChI=1S/C12H19N3O4/c1-11(2,3)19-10(18)14-5-6-15(9(16)17)12(4,7-13)8-14/h5-6,8H2,1-4H3,(H,16,17). The average molecular weight is 269 g/mol. The van der Waals surface area contributed by atoms with E-state index in [0.29, 0.717) is 0 Å². The molecule has 1 saturated heterocycles. The number of piperazine rings is 1. The number of rotatable bonds is 0. The lowest BCUT2D eigenvalue weighted by atomic mass is 9.99. The summed E-state index contributed by atoms with van der Waals surface area (Å²) in [6.45, 7) is 7.07. The molecule has 1 unspecified atom stereocenters. The third kappa shape index (κ3) is 3.50. The van der Waals surface area contributed by atoms with E-state index in [1.165, 1.54) is 11.8 Å². The Balaban J connectivity index is 2.82. The van der Waals surface area contributed by atoms with Crippen LogP contribution >= 0.6 is 0 Å². The highest BCUT2D eigenvalue weighted by Crippen LogP contribution is 2.22. The van der Waals surface area contributed by atoms with Gasteiger partial charge < -0.3 is 14.7 Å². The van der Waals surface area contributed by atoms with E-state index in [1.54, 1.807) is 20.8 Å². The summed E-state index contributed by atoms with van der Waals surface area (Å²) in [6, 6.07) is 1.96. The van der Waals surface area contributed by atoms with Crippen LogP contribution in [0.2, 0.25) is 0 Å². The molecule has 19 heavy (non-hydrogen) atoms. The van der Waals surface area contributed by atoms with Gasteiger partial charge in [-0.15, -0.1) is 0 Å². The van der Waals surface area contributed by atoms with E-state index in [0.717, 1.165) is 4.90 Å². The summed E-state index contributed by atoms with van der Waals surface area (Å²) in [5, 5.41) is 18.2. The largest absolute Gasteiger partial charge is 0.465 e. The zero-order valence-electron chi connectivity index (χ0n) is 11.6. The molecule has 7 nitrogen and oxygen atoms in total. The van der Waals surface area contributed by atoms with Crippen molar-refractivity contribution in [2.45, 2.75) is 38.8 Å². The normalized spacial score (nSPS) is 23.7. The van der Waals surface area contributed by atoms with Gasteiger partial charge in [-0.25, -0.2) is 9.59 Å². The van der Waals surface area contributed by atoms with Crippen LogP contribution in [-0.2, 0) is 4.74 Å². The Morgan fingerprint density at radius 3 is 2.37 bits per heavy atom. The van der Waals surface area contributed by atoms with Crippen LogP contribution in [0.5, 0.6) is 0 Å². The van der Waals surface area contributed by atoms with Crippen molar-refractivity contribution in [1.29, 1.82) is 5.26 Å². The maximum absolute atomic E-state index is 11.9. The van der Waals surface area contributed by atoms with Crippen molar-refractivity contribution >= 4 is 12.2 Å². The summed E-state index contributed by atoms with van der Waals surface area (Å²) in [4.78, 5) is 25.4. The summed E-state index contributed by atoms with van der Waals surface area (Å²) < 4.78 is 5.22. The molecule has 0 spiro atoms. The van der Waals surface area contributed by atoms with Crippen LogP contribution in [0.25, 0.3) is 0 Å². The van der Waals surface area contributed by atoms with Gasteiger partial charge in [0.2, 0.25) is 0 Å². The van der Waals surface area contributed by atoms with E-state index in [2.05, 4.69) is 0 Å². The summed E-state index contributed by atoms with van der Waals surface area (Å²) >= 11 is 0. The van der Waals surface area contributed by atoms with Crippen LogP contribution in [0.4, 0.5) is 9.59 Å². The van der Waals surface area contributed by atoms with E-state index in [1.807, 2.05) is 6.07 Å². The van der Waals surface area contributed by atoms with Crippen LogP contribution in [0.15, 0.2) is 0 Å². The van der Waals surface area contributed by atoms with Gasteiger partial charge in [0.05, 0.1) is 12.6 Å². The molecule has 1 heterocycles. The molecule has 7 heteroatoms. The molecule has 1 aliphatic rings. The highest BCUT2D eigenvalue weighted by Gasteiger charge is 2.43. The average Bonchev–Trinajstić information content (AvgIpc) is 2.26. The summed E-state index contributed by atoms with van der Waals surface area (Å²) in [7, 11) is 0. The lowest BCUT2D eigenvalue weighted by Gasteiger charge is -2.43. The minimum atomic E-state index is -1.25. The molecule has 1 atom stereocenters. The number of hydrogen-bond donors (Lipinski definition) is 1. The minimum Gasteiger partial charge on any atom is -0.465 e. The van der Waals surface area contributed by atoms with E-state index in [-0.39, 0.29) is 19.6 Å². The summed E-state index contributed by atoms with van der Waals surface area (Å²) in [5.74, 6) is 0. The number of nitriles is 1. The van der Waals surface area contributed by atoms with Gasteiger partial charge in [0.15, 0.2) is 0 Å². The highest BCUT2D eigenvalue weighted by molar-refractivity contribution is 5.71. The third-order valence-corrected chi connectivity index (χ3v) is 2.81. The molecule has 0 aromatic carbocycles. The lowest BCUT2D eigenvalue weighted by Crippen LogP contribution is -2.63. The van der Waals surface area contributed by atoms with Crippen molar-refractivity contribution in [3.8, 4) is 6.07 Å². The van der Waals surface area contributed by atoms with E-state index in [9.17, 15) is 9.59 Å². The van der Waals surface area contributed by atoms with Crippen LogP contribution in [0.3, 0.4) is 0 Å². The molecule has 0 aromatic heterocycles. The second-order valence-electron chi connectivity index (χ2n) is 5.72. The molecule has 1 aliphatic heterocycles. The first-order valence-corrected chi connectivity index (χ1v) is 5.99. The van der Waals surface area contributed by atoms with Gasteiger partial charge in [-0.2, -0.15) is 5.26 Å². The fourth-order valence-electron chi connectivity index (χ4n) is 1.89. The van der Waals surface area contributed by atoms with E-state index in [4.69, 9.17) is 15.1 Å². The zero-order valence-corrected chi connectivity index (χ0v) is 11.6. The van der Waals surface area contributed by atoms with Crippen molar-refractivity contribution < 1.29 is 19.4 Å². The Hall–Kier alpha value is -1.97. The highest BCUT2D eigenvalue weighted by atomic mass is 16.6. The molecule has 0 radical (unpaired) electrons. The van der Waals surface area contributed by atoms with Gasteiger partial charge in [0.25, 0.3) is 0 Å². The van der Waals surface area contributed by atoms with Crippen LogP contribution in [0.1, 0.15) is 27.7 Å². The monoisotopic (exact) mass is 269 g/mol. The molecule has 1 rings (SSSR count). The first kappa shape index (κ1) is 15.1. The molecular formula is C12H19N3O4. The lowest BCUT2D eigenvalue weighted by molar-refractivity contribution is -0.00281. The van der Waals surface area contributed by atoms with Crippen molar-refractivity contribution in [3.63, 3.8) is 0 Å². The maximum Gasteiger partial charge on any atom is 0.410 e. The number of hydrogen-bond acceptors (Lipinski definition) is 4. The third-order valence-electron chi connectivity index (χ3n) is 2.81. The van der Waals surface area contributed by atoms with E-state index >= 15 is 0 Å². The zero-order chi connectivity index (χ0) is 14.8. The van der Waals surface area contributed by atoms with Gasteiger partial charge in [-0.3, -0.25) is 4.90 Å². The first-order chi connectivity index (χ1) is 8.59.